The first-order valence-electron chi connectivity index (χ1n) is 8.04. The first-order valence-corrected chi connectivity index (χ1v) is 9.56. The van der Waals surface area contributed by atoms with Gasteiger partial charge in [0.2, 0.25) is 0 Å². The van der Waals surface area contributed by atoms with Gasteiger partial charge in [0, 0.05) is 11.1 Å². The third-order valence-electron chi connectivity index (χ3n) is 3.61. The van der Waals surface area contributed by atoms with Crippen molar-refractivity contribution in [2.45, 2.75) is 0 Å². The molecule has 2 aromatic rings. The van der Waals surface area contributed by atoms with Crippen molar-refractivity contribution < 1.29 is 9.59 Å². The van der Waals surface area contributed by atoms with Crippen molar-refractivity contribution in [1.82, 2.24) is 0 Å². The van der Waals surface area contributed by atoms with Crippen LogP contribution in [-0.4, -0.2) is 11.6 Å². The summed E-state index contributed by atoms with van der Waals surface area (Å²) in [5, 5.41) is 0. The molecule has 0 heterocycles. The third kappa shape index (κ3) is 7.14. The van der Waals surface area contributed by atoms with E-state index < -0.39 is 0 Å². The lowest BCUT2D eigenvalue weighted by atomic mass is 10.00. The van der Waals surface area contributed by atoms with Crippen molar-refractivity contribution >= 4 is 58.0 Å². The minimum Gasteiger partial charge on any atom is -0.289 e. The molecule has 0 unspecified atom stereocenters. The second kappa shape index (κ2) is 11.0. The molecule has 0 saturated carbocycles. The number of hydrogen-bond donors (Lipinski definition) is 0. The van der Waals surface area contributed by atoms with E-state index in [9.17, 15) is 9.59 Å². The van der Waals surface area contributed by atoms with Crippen LogP contribution >= 0.6 is 46.4 Å². The van der Waals surface area contributed by atoms with E-state index >= 15 is 0 Å². The van der Waals surface area contributed by atoms with Crippen LogP contribution in [0.1, 0.15) is 20.7 Å². The third-order valence-corrected chi connectivity index (χ3v) is 4.12. The fraction of sp³-hybridized carbons (Fsp3) is 0. The summed E-state index contributed by atoms with van der Waals surface area (Å²) >= 11 is 22.0. The van der Waals surface area contributed by atoms with Gasteiger partial charge in [-0.15, -0.1) is 0 Å². The minimum atomic E-state index is -0.156. The van der Waals surface area contributed by atoms with Gasteiger partial charge < -0.3 is 0 Å². The molecule has 0 amide bonds. The topological polar surface area (TPSA) is 34.1 Å². The number of carbonyl (C=O) groups excluding carboxylic acids is 2. The van der Waals surface area contributed by atoms with E-state index in [1.165, 1.54) is 36.5 Å². The fourth-order valence-electron chi connectivity index (χ4n) is 2.26. The van der Waals surface area contributed by atoms with Crippen LogP contribution in [0.3, 0.4) is 0 Å². The standard InChI is InChI=1S/C22H14Cl4O2/c23-21(24)5-1-3-19(27)17-11-7-15(8-12-17)16-9-13-18(14-10-16)20(28)4-2-6-22(25)26/h1-14H. The average Bonchev–Trinajstić information content (AvgIpc) is 2.67. The molecular weight excluding hydrogens is 438 g/mol. The summed E-state index contributed by atoms with van der Waals surface area (Å²) in [6.45, 7) is 0. The zero-order valence-electron chi connectivity index (χ0n) is 14.4. The lowest BCUT2D eigenvalue weighted by molar-refractivity contribution is 0.103. The Balaban J connectivity index is 2.10. The van der Waals surface area contributed by atoms with Crippen LogP contribution in [-0.2, 0) is 0 Å². The highest BCUT2D eigenvalue weighted by Crippen LogP contribution is 2.21. The van der Waals surface area contributed by atoms with Gasteiger partial charge in [-0.1, -0.05) is 107 Å². The maximum Gasteiger partial charge on any atom is 0.185 e. The zero-order chi connectivity index (χ0) is 20.5. The van der Waals surface area contributed by atoms with Gasteiger partial charge in [-0.25, -0.2) is 0 Å². The van der Waals surface area contributed by atoms with E-state index in [2.05, 4.69) is 0 Å². The predicted octanol–water partition coefficient (Wildman–Crippen LogP) is 7.47. The van der Waals surface area contributed by atoms with Gasteiger partial charge in [-0.05, 0) is 35.4 Å². The van der Waals surface area contributed by atoms with Gasteiger partial charge in [0.25, 0.3) is 0 Å². The molecule has 0 aliphatic heterocycles. The van der Waals surface area contributed by atoms with Crippen molar-refractivity contribution in [2.24, 2.45) is 0 Å². The maximum absolute atomic E-state index is 12.1. The molecule has 142 valence electrons. The Kier molecular flexibility index (Phi) is 8.75. The van der Waals surface area contributed by atoms with Crippen molar-refractivity contribution in [3.05, 3.63) is 105 Å². The molecule has 0 bridgehead atoms. The van der Waals surface area contributed by atoms with Crippen LogP contribution in [0.15, 0.2) is 94.0 Å². The van der Waals surface area contributed by atoms with Gasteiger partial charge >= 0.3 is 0 Å². The van der Waals surface area contributed by atoms with Gasteiger partial charge in [0.15, 0.2) is 11.6 Å². The second-order valence-electron chi connectivity index (χ2n) is 5.51. The van der Waals surface area contributed by atoms with Crippen LogP contribution in [0.5, 0.6) is 0 Å². The Bertz CT molecular complexity index is 877. The van der Waals surface area contributed by atoms with Crippen LogP contribution in [0.2, 0.25) is 0 Å². The Morgan fingerprint density at radius 2 is 0.893 bits per heavy atom. The Morgan fingerprint density at radius 3 is 1.18 bits per heavy atom. The summed E-state index contributed by atoms with van der Waals surface area (Å²) in [5.74, 6) is -0.313. The highest BCUT2D eigenvalue weighted by Gasteiger charge is 2.05. The molecular formula is C22H14Cl4O2. The maximum atomic E-state index is 12.1. The largest absolute Gasteiger partial charge is 0.289 e. The zero-order valence-corrected chi connectivity index (χ0v) is 17.4. The molecule has 6 heteroatoms. The Morgan fingerprint density at radius 1 is 0.571 bits per heavy atom. The lowest BCUT2D eigenvalue weighted by Crippen LogP contribution is -1.95. The number of ketones is 2. The van der Waals surface area contributed by atoms with E-state index in [0.29, 0.717) is 11.1 Å². The summed E-state index contributed by atoms with van der Waals surface area (Å²) in [7, 11) is 0. The van der Waals surface area contributed by atoms with E-state index in [1.54, 1.807) is 24.3 Å². The number of halogens is 4. The van der Waals surface area contributed by atoms with Crippen molar-refractivity contribution in [1.29, 1.82) is 0 Å². The van der Waals surface area contributed by atoms with Crippen molar-refractivity contribution in [3.63, 3.8) is 0 Å². The van der Waals surface area contributed by atoms with Gasteiger partial charge in [-0.3, -0.25) is 9.59 Å². The molecule has 0 radical (unpaired) electrons. The first-order chi connectivity index (χ1) is 13.4. The summed E-state index contributed by atoms with van der Waals surface area (Å²) in [4.78, 5) is 24.1. The highest BCUT2D eigenvalue weighted by atomic mass is 35.5. The van der Waals surface area contributed by atoms with E-state index in [1.807, 2.05) is 24.3 Å². The molecule has 28 heavy (non-hydrogen) atoms. The molecule has 0 fully saturated rings. The SMILES string of the molecule is O=C(C=CC=C(Cl)Cl)c1ccc(-c2ccc(C(=O)C=CC=C(Cl)Cl)cc2)cc1. The van der Waals surface area contributed by atoms with Crippen LogP contribution < -0.4 is 0 Å². The second-order valence-corrected chi connectivity index (χ2v) is 7.53. The fourth-order valence-corrected chi connectivity index (χ4v) is 2.55. The monoisotopic (exact) mass is 450 g/mol. The highest BCUT2D eigenvalue weighted by molar-refractivity contribution is 6.56. The molecule has 0 aromatic heterocycles. The molecule has 0 aliphatic rings. The van der Waals surface area contributed by atoms with E-state index in [-0.39, 0.29) is 20.5 Å². The van der Waals surface area contributed by atoms with Gasteiger partial charge in [0.1, 0.15) is 8.98 Å². The number of allylic oxidation sites excluding steroid dienone is 6. The van der Waals surface area contributed by atoms with Crippen LogP contribution in [0.4, 0.5) is 0 Å². The van der Waals surface area contributed by atoms with Gasteiger partial charge in [0.05, 0.1) is 0 Å². The first kappa shape index (κ1) is 22.2. The van der Waals surface area contributed by atoms with Crippen LogP contribution in [0.25, 0.3) is 11.1 Å². The molecule has 0 saturated heterocycles. The lowest BCUT2D eigenvalue weighted by Gasteiger charge is -2.04. The van der Waals surface area contributed by atoms with E-state index in [0.717, 1.165) is 11.1 Å². The van der Waals surface area contributed by atoms with Crippen LogP contribution in [0, 0.1) is 0 Å². The van der Waals surface area contributed by atoms with Gasteiger partial charge in [-0.2, -0.15) is 0 Å². The number of rotatable bonds is 7. The normalized spacial score (nSPS) is 10.9. The Labute approximate surface area is 183 Å². The molecule has 2 rings (SSSR count). The average molecular weight is 452 g/mol. The summed E-state index contributed by atoms with van der Waals surface area (Å²) in [6.07, 6.45) is 8.61. The number of carbonyl (C=O) groups is 2. The quantitative estimate of drug-likeness (QED) is 0.248. The van der Waals surface area contributed by atoms with Crippen molar-refractivity contribution in [3.8, 4) is 11.1 Å². The minimum absolute atomic E-state index is 0.0797. The number of benzene rings is 2. The predicted molar refractivity (Wildman–Crippen MR) is 118 cm³/mol. The molecule has 0 spiro atoms. The molecule has 2 nitrogen and oxygen atoms in total. The summed E-state index contributed by atoms with van der Waals surface area (Å²) < 4.78 is 0.159. The van der Waals surface area contributed by atoms with Crippen molar-refractivity contribution in [2.75, 3.05) is 0 Å². The molecule has 0 atom stereocenters. The molecule has 0 N–H and O–H groups in total. The summed E-state index contributed by atoms with van der Waals surface area (Å²) in [5.41, 5.74) is 2.94. The summed E-state index contributed by atoms with van der Waals surface area (Å²) in [6, 6.07) is 14.3. The number of hydrogen-bond acceptors (Lipinski definition) is 2. The Hall–Kier alpha value is -2.10. The van der Waals surface area contributed by atoms with E-state index in [4.69, 9.17) is 46.4 Å². The molecule has 0 aliphatic carbocycles. The molecule has 2 aromatic carbocycles. The smallest absolute Gasteiger partial charge is 0.185 e.